The summed E-state index contributed by atoms with van der Waals surface area (Å²) in [6.07, 6.45) is 5.08. The average molecular weight is 204 g/mol. The van der Waals surface area contributed by atoms with Crippen LogP contribution in [0.3, 0.4) is 0 Å². The molecule has 0 saturated carbocycles. The van der Waals surface area contributed by atoms with Gasteiger partial charge in [0.1, 0.15) is 0 Å². The highest BCUT2D eigenvalue weighted by atomic mass is 16.5. The Morgan fingerprint density at radius 3 is 2.73 bits per heavy atom. The Kier molecular flexibility index (Phi) is 5.23. The van der Waals surface area contributed by atoms with Gasteiger partial charge in [0.2, 0.25) is 0 Å². The number of allylic oxidation sites excluding steroid dienone is 1. The smallest absolute Gasteiger partial charge is 0.310 e. The monoisotopic (exact) mass is 204 g/mol. The third-order valence-electron chi connectivity index (χ3n) is 1.97. The van der Waals surface area contributed by atoms with Crippen molar-refractivity contribution in [3.63, 3.8) is 0 Å². The SMILES string of the molecule is C/C=C/CCOC(=O)Cc1ccccc1. The second-order valence-electron chi connectivity index (χ2n) is 3.24. The second kappa shape index (κ2) is 6.82. The van der Waals surface area contributed by atoms with E-state index in [-0.39, 0.29) is 5.97 Å². The number of carbonyl (C=O) groups excluding carboxylic acids is 1. The fraction of sp³-hybridized carbons (Fsp3) is 0.308. The maximum Gasteiger partial charge on any atom is 0.310 e. The van der Waals surface area contributed by atoms with Gasteiger partial charge in [-0.3, -0.25) is 4.79 Å². The minimum atomic E-state index is -0.161. The molecular weight excluding hydrogens is 188 g/mol. The van der Waals surface area contributed by atoms with Crippen LogP contribution in [0.15, 0.2) is 42.5 Å². The number of hydrogen-bond donors (Lipinski definition) is 0. The fourth-order valence-corrected chi connectivity index (χ4v) is 1.22. The van der Waals surface area contributed by atoms with Crippen molar-refractivity contribution in [3.05, 3.63) is 48.0 Å². The largest absolute Gasteiger partial charge is 0.465 e. The minimum Gasteiger partial charge on any atom is -0.465 e. The van der Waals surface area contributed by atoms with E-state index in [0.717, 1.165) is 12.0 Å². The molecule has 0 spiro atoms. The summed E-state index contributed by atoms with van der Waals surface area (Å²) >= 11 is 0. The molecule has 0 N–H and O–H groups in total. The molecule has 0 radical (unpaired) electrons. The third-order valence-corrected chi connectivity index (χ3v) is 1.97. The van der Waals surface area contributed by atoms with Gasteiger partial charge in [-0.1, -0.05) is 42.5 Å². The molecule has 0 aliphatic carbocycles. The molecule has 1 rings (SSSR count). The number of rotatable bonds is 5. The van der Waals surface area contributed by atoms with Crippen LogP contribution in [0.5, 0.6) is 0 Å². The topological polar surface area (TPSA) is 26.3 Å². The molecule has 2 heteroatoms. The van der Waals surface area contributed by atoms with Crippen LogP contribution in [-0.2, 0) is 16.0 Å². The summed E-state index contributed by atoms with van der Waals surface area (Å²) in [7, 11) is 0. The average Bonchev–Trinajstić information content (AvgIpc) is 2.26. The van der Waals surface area contributed by atoms with E-state index >= 15 is 0 Å². The van der Waals surface area contributed by atoms with Gasteiger partial charge < -0.3 is 4.74 Å². The van der Waals surface area contributed by atoms with Crippen molar-refractivity contribution in [1.82, 2.24) is 0 Å². The molecule has 80 valence electrons. The molecule has 0 unspecified atom stereocenters. The predicted octanol–water partition coefficient (Wildman–Crippen LogP) is 2.74. The number of esters is 1. The van der Waals surface area contributed by atoms with Crippen LogP contribution >= 0.6 is 0 Å². The van der Waals surface area contributed by atoms with Crippen molar-refractivity contribution < 1.29 is 9.53 Å². The molecule has 1 aromatic rings. The van der Waals surface area contributed by atoms with Crippen molar-refractivity contribution >= 4 is 5.97 Å². The van der Waals surface area contributed by atoms with Gasteiger partial charge in [0.15, 0.2) is 0 Å². The molecule has 1 aromatic carbocycles. The van der Waals surface area contributed by atoms with Gasteiger partial charge in [-0.25, -0.2) is 0 Å². The van der Waals surface area contributed by atoms with Crippen LogP contribution in [0.4, 0.5) is 0 Å². The Morgan fingerprint density at radius 1 is 1.33 bits per heavy atom. The minimum absolute atomic E-state index is 0.161. The van der Waals surface area contributed by atoms with Crippen molar-refractivity contribution in [2.75, 3.05) is 6.61 Å². The normalized spacial score (nSPS) is 10.5. The molecule has 0 heterocycles. The Morgan fingerprint density at radius 2 is 2.07 bits per heavy atom. The summed E-state index contributed by atoms with van der Waals surface area (Å²) in [5.41, 5.74) is 0.994. The molecule has 0 saturated heterocycles. The van der Waals surface area contributed by atoms with Crippen LogP contribution in [0.1, 0.15) is 18.9 Å². The highest BCUT2D eigenvalue weighted by Gasteiger charge is 2.02. The van der Waals surface area contributed by atoms with E-state index in [1.165, 1.54) is 0 Å². The number of hydrogen-bond acceptors (Lipinski definition) is 2. The van der Waals surface area contributed by atoms with Gasteiger partial charge in [-0.15, -0.1) is 0 Å². The molecule has 0 amide bonds. The first kappa shape index (κ1) is 11.5. The summed E-state index contributed by atoms with van der Waals surface area (Å²) in [6, 6.07) is 9.62. The summed E-state index contributed by atoms with van der Waals surface area (Å²) in [4.78, 5) is 11.3. The highest BCUT2D eigenvalue weighted by Crippen LogP contribution is 2.01. The number of benzene rings is 1. The molecule has 0 fully saturated rings. The van der Waals surface area contributed by atoms with E-state index in [1.807, 2.05) is 49.4 Å². The van der Waals surface area contributed by atoms with E-state index < -0.39 is 0 Å². The molecule has 0 atom stereocenters. The zero-order chi connectivity index (χ0) is 10.9. The van der Waals surface area contributed by atoms with E-state index in [0.29, 0.717) is 13.0 Å². The predicted molar refractivity (Wildman–Crippen MR) is 60.5 cm³/mol. The lowest BCUT2D eigenvalue weighted by molar-refractivity contribution is -0.142. The van der Waals surface area contributed by atoms with Gasteiger partial charge in [0, 0.05) is 0 Å². The zero-order valence-electron chi connectivity index (χ0n) is 8.98. The first-order valence-electron chi connectivity index (χ1n) is 5.13. The summed E-state index contributed by atoms with van der Waals surface area (Å²) < 4.78 is 5.06. The molecule has 0 bridgehead atoms. The summed E-state index contributed by atoms with van der Waals surface area (Å²) in [5.74, 6) is -0.161. The van der Waals surface area contributed by atoms with E-state index in [9.17, 15) is 4.79 Å². The Hall–Kier alpha value is -1.57. The van der Waals surface area contributed by atoms with Crippen LogP contribution in [0.2, 0.25) is 0 Å². The van der Waals surface area contributed by atoms with E-state index in [4.69, 9.17) is 4.74 Å². The molecule has 2 nitrogen and oxygen atoms in total. The summed E-state index contributed by atoms with van der Waals surface area (Å²) in [6.45, 7) is 2.42. The van der Waals surface area contributed by atoms with Crippen molar-refractivity contribution in [3.8, 4) is 0 Å². The van der Waals surface area contributed by atoms with Crippen molar-refractivity contribution in [2.45, 2.75) is 19.8 Å². The Bertz CT molecular complexity index is 315. The maximum atomic E-state index is 11.3. The van der Waals surface area contributed by atoms with E-state index in [2.05, 4.69) is 0 Å². The Balaban J connectivity index is 2.25. The lowest BCUT2D eigenvalue weighted by atomic mass is 10.2. The lowest BCUT2D eigenvalue weighted by Crippen LogP contribution is -2.08. The Labute approximate surface area is 90.6 Å². The van der Waals surface area contributed by atoms with E-state index in [1.54, 1.807) is 0 Å². The first-order chi connectivity index (χ1) is 7.33. The maximum absolute atomic E-state index is 11.3. The van der Waals surface area contributed by atoms with Crippen LogP contribution in [0, 0.1) is 0 Å². The molecule has 0 aromatic heterocycles. The zero-order valence-corrected chi connectivity index (χ0v) is 8.98. The van der Waals surface area contributed by atoms with Gasteiger partial charge in [-0.05, 0) is 18.9 Å². The molecule has 0 aliphatic heterocycles. The fourth-order valence-electron chi connectivity index (χ4n) is 1.22. The van der Waals surface area contributed by atoms with Crippen molar-refractivity contribution in [1.29, 1.82) is 0 Å². The van der Waals surface area contributed by atoms with Gasteiger partial charge >= 0.3 is 5.97 Å². The third kappa shape index (κ3) is 5.01. The van der Waals surface area contributed by atoms with Gasteiger partial charge in [0.25, 0.3) is 0 Å². The van der Waals surface area contributed by atoms with Gasteiger partial charge in [0.05, 0.1) is 13.0 Å². The van der Waals surface area contributed by atoms with Gasteiger partial charge in [-0.2, -0.15) is 0 Å². The van der Waals surface area contributed by atoms with Crippen molar-refractivity contribution in [2.24, 2.45) is 0 Å². The summed E-state index contributed by atoms with van der Waals surface area (Å²) in [5, 5.41) is 0. The second-order valence-corrected chi connectivity index (χ2v) is 3.24. The quantitative estimate of drug-likeness (QED) is 0.419. The standard InChI is InChI=1S/C13H16O2/c1-2-3-7-10-15-13(14)11-12-8-5-4-6-9-12/h2-6,8-9H,7,10-11H2,1H3/b3-2+. The number of carbonyl (C=O) groups is 1. The molecular formula is C13H16O2. The molecule has 0 aliphatic rings. The van der Waals surface area contributed by atoms with Crippen LogP contribution in [-0.4, -0.2) is 12.6 Å². The van der Waals surface area contributed by atoms with Crippen LogP contribution < -0.4 is 0 Å². The molecule has 15 heavy (non-hydrogen) atoms. The first-order valence-corrected chi connectivity index (χ1v) is 5.13. The number of ether oxygens (including phenoxy) is 1. The van der Waals surface area contributed by atoms with Crippen LogP contribution in [0.25, 0.3) is 0 Å². The lowest BCUT2D eigenvalue weighted by Gasteiger charge is -2.02. The highest BCUT2D eigenvalue weighted by molar-refractivity contribution is 5.72.